The van der Waals surface area contributed by atoms with E-state index in [0.717, 1.165) is 24.9 Å². The highest BCUT2D eigenvalue weighted by Crippen LogP contribution is 2.28. The maximum Gasteiger partial charge on any atom is 0.00982 e. The van der Waals surface area contributed by atoms with Crippen molar-refractivity contribution in [1.29, 1.82) is 0 Å². The van der Waals surface area contributed by atoms with Gasteiger partial charge in [0.1, 0.15) is 0 Å². The van der Waals surface area contributed by atoms with Gasteiger partial charge in [-0.25, -0.2) is 0 Å². The summed E-state index contributed by atoms with van der Waals surface area (Å²) in [7, 11) is 0. The Balaban J connectivity index is 2.49. The summed E-state index contributed by atoms with van der Waals surface area (Å²) in [5.74, 6) is 0.847. The molecule has 1 saturated carbocycles. The van der Waals surface area contributed by atoms with Crippen LogP contribution in [0.1, 0.15) is 58.8 Å². The third kappa shape index (κ3) is 4.38. The zero-order valence-electron chi connectivity index (χ0n) is 10.5. The minimum atomic E-state index is 0.751. The van der Waals surface area contributed by atoms with Gasteiger partial charge in [0.2, 0.25) is 0 Å². The van der Waals surface area contributed by atoms with Crippen LogP contribution in [0.4, 0.5) is 0 Å². The first kappa shape index (κ1) is 12.8. The fraction of sp³-hybridized carbons (Fsp3) is 0.857. The lowest BCUT2D eigenvalue weighted by atomic mass is 9.88. The second-order valence-electron chi connectivity index (χ2n) is 4.87. The van der Waals surface area contributed by atoms with Crippen molar-refractivity contribution in [2.75, 3.05) is 6.54 Å². The Morgan fingerprint density at radius 1 is 1.20 bits per heavy atom. The van der Waals surface area contributed by atoms with Crippen molar-refractivity contribution in [2.45, 2.75) is 64.8 Å². The molecule has 0 aromatic carbocycles. The SMILES string of the molecule is C=C(CC)CC1CCCCCC1NCC. The molecule has 0 radical (unpaired) electrons. The van der Waals surface area contributed by atoms with E-state index in [1.54, 1.807) is 0 Å². The Morgan fingerprint density at radius 3 is 2.60 bits per heavy atom. The number of hydrogen-bond acceptors (Lipinski definition) is 1. The average molecular weight is 209 g/mol. The maximum atomic E-state index is 4.16. The smallest absolute Gasteiger partial charge is 0.00982 e. The first-order chi connectivity index (χ1) is 7.27. The Morgan fingerprint density at radius 2 is 1.93 bits per heavy atom. The third-order valence-corrected chi connectivity index (χ3v) is 3.68. The Kier molecular flexibility index (Phi) is 6.00. The van der Waals surface area contributed by atoms with Gasteiger partial charge in [0.05, 0.1) is 0 Å². The van der Waals surface area contributed by atoms with Crippen LogP contribution in [0.2, 0.25) is 0 Å². The van der Waals surface area contributed by atoms with Crippen LogP contribution in [-0.4, -0.2) is 12.6 Å². The van der Waals surface area contributed by atoms with E-state index in [1.807, 2.05) is 0 Å². The highest BCUT2D eigenvalue weighted by atomic mass is 14.9. The van der Waals surface area contributed by atoms with E-state index in [-0.39, 0.29) is 0 Å². The van der Waals surface area contributed by atoms with E-state index < -0.39 is 0 Å². The maximum absolute atomic E-state index is 4.16. The monoisotopic (exact) mass is 209 g/mol. The second-order valence-corrected chi connectivity index (χ2v) is 4.87. The molecular weight excluding hydrogens is 182 g/mol. The molecule has 2 atom stereocenters. The molecule has 1 aliphatic rings. The van der Waals surface area contributed by atoms with Gasteiger partial charge in [0.15, 0.2) is 0 Å². The molecule has 1 heteroatoms. The predicted molar refractivity (Wildman–Crippen MR) is 68.1 cm³/mol. The van der Waals surface area contributed by atoms with Gasteiger partial charge < -0.3 is 5.32 Å². The van der Waals surface area contributed by atoms with Crippen LogP contribution in [0.3, 0.4) is 0 Å². The zero-order chi connectivity index (χ0) is 11.1. The van der Waals surface area contributed by atoms with Crippen molar-refractivity contribution in [2.24, 2.45) is 5.92 Å². The van der Waals surface area contributed by atoms with Crippen LogP contribution in [0.5, 0.6) is 0 Å². The standard InChI is InChI=1S/C14H27N/c1-4-12(3)11-13-9-7-6-8-10-14(13)15-5-2/h13-15H,3-11H2,1-2H3. The van der Waals surface area contributed by atoms with Gasteiger partial charge >= 0.3 is 0 Å². The molecule has 1 aliphatic carbocycles. The molecule has 2 unspecified atom stereocenters. The van der Waals surface area contributed by atoms with Crippen molar-refractivity contribution in [3.8, 4) is 0 Å². The molecule has 0 heterocycles. The molecule has 0 bridgehead atoms. The fourth-order valence-corrected chi connectivity index (χ4v) is 2.67. The average Bonchev–Trinajstić information content (AvgIpc) is 2.45. The van der Waals surface area contributed by atoms with Gasteiger partial charge in [-0.15, -0.1) is 0 Å². The molecule has 0 aromatic heterocycles. The number of hydrogen-bond donors (Lipinski definition) is 1. The molecule has 0 aromatic rings. The summed E-state index contributed by atoms with van der Waals surface area (Å²) >= 11 is 0. The lowest BCUT2D eigenvalue weighted by Crippen LogP contribution is -2.35. The Bertz CT molecular complexity index is 186. The quantitative estimate of drug-likeness (QED) is 0.535. The first-order valence-corrected chi connectivity index (χ1v) is 6.68. The van der Waals surface area contributed by atoms with Crippen LogP contribution in [0.25, 0.3) is 0 Å². The molecule has 1 rings (SSSR count). The lowest BCUT2D eigenvalue weighted by molar-refractivity contribution is 0.335. The van der Waals surface area contributed by atoms with Gasteiger partial charge in [-0.1, -0.05) is 45.3 Å². The van der Waals surface area contributed by atoms with Crippen molar-refractivity contribution in [3.05, 3.63) is 12.2 Å². The van der Waals surface area contributed by atoms with E-state index in [9.17, 15) is 0 Å². The van der Waals surface area contributed by atoms with Gasteiger partial charge in [-0.05, 0) is 38.1 Å². The molecule has 1 nitrogen and oxygen atoms in total. The van der Waals surface area contributed by atoms with Gasteiger partial charge in [-0.3, -0.25) is 0 Å². The van der Waals surface area contributed by atoms with Gasteiger partial charge in [-0.2, -0.15) is 0 Å². The van der Waals surface area contributed by atoms with E-state index in [1.165, 1.54) is 44.1 Å². The summed E-state index contributed by atoms with van der Waals surface area (Å²) in [5.41, 5.74) is 1.44. The molecule has 0 spiro atoms. The van der Waals surface area contributed by atoms with Crippen LogP contribution >= 0.6 is 0 Å². The van der Waals surface area contributed by atoms with Crippen LogP contribution in [-0.2, 0) is 0 Å². The predicted octanol–water partition coefficient (Wildman–Crippen LogP) is 3.90. The van der Waals surface area contributed by atoms with Crippen molar-refractivity contribution in [1.82, 2.24) is 5.32 Å². The molecular formula is C14H27N. The molecule has 88 valence electrons. The summed E-state index contributed by atoms with van der Waals surface area (Å²) in [6.07, 6.45) is 9.42. The van der Waals surface area contributed by atoms with E-state index >= 15 is 0 Å². The number of rotatable bonds is 5. The molecule has 1 fully saturated rings. The van der Waals surface area contributed by atoms with Crippen LogP contribution < -0.4 is 5.32 Å². The minimum Gasteiger partial charge on any atom is -0.314 e. The first-order valence-electron chi connectivity index (χ1n) is 6.68. The highest BCUT2D eigenvalue weighted by molar-refractivity contribution is 4.97. The highest BCUT2D eigenvalue weighted by Gasteiger charge is 2.22. The van der Waals surface area contributed by atoms with E-state index in [4.69, 9.17) is 0 Å². The van der Waals surface area contributed by atoms with Crippen molar-refractivity contribution < 1.29 is 0 Å². The normalized spacial score (nSPS) is 27.3. The van der Waals surface area contributed by atoms with Crippen molar-refractivity contribution >= 4 is 0 Å². The Hall–Kier alpha value is -0.300. The topological polar surface area (TPSA) is 12.0 Å². The summed E-state index contributed by atoms with van der Waals surface area (Å²) in [4.78, 5) is 0. The fourth-order valence-electron chi connectivity index (χ4n) is 2.67. The summed E-state index contributed by atoms with van der Waals surface area (Å²) in [5, 5.41) is 3.66. The summed E-state index contributed by atoms with van der Waals surface area (Å²) in [6.45, 7) is 9.72. The molecule has 0 saturated heterocycles. The Labute approximate surface area is 95.3 Å². The third-order valence-electron chi connectivity index (χ3n) is 3.68. The van der Waals surface area contributed by atoms with Gasteiger partial charge in [0, 0.05) is 6.04 Å². The lowest BCUT2D eigenvalue weighted by Gasteiger charge is -2.26. The summed E-state index contributed by atoms with van der Waals surface area (Å²) in [6, 6.07) is 0.751. The molecule has 0 aliphatic heterocycles. The molecule has 1 N–H and O–H groups in total. The number of nitrogens with one attached hydrogen (secondary N) is 1. The second kappa shape index (κ2) is 7.05. The molecule has 0 amide bonds. The largest absolute Gasteiger partial charge is 0.314 e. The minimum absolute atomic E-state index is 0.751. The van der Waals surface area contributed by atoms with E-state index in [0.29, 0.717) is 0 Å². The molecule has 15 heavy (non-hydrogen) atoms. The van der Waals surface area contributed by atoms with Gasteiger partial charge in [0.25, 0.3) is 0 Å². The zero-order valence-corrected chi connectivity index (χ0v) is 10.5. The van der Waals surface area contributed by atoms with Crippen LogP contribution in [0, 0.1) is 5.92 Å². The van der Waals surface area contributed by atoms with E-state index in [2.05, 4.69) is 25.7 Å². The van der Waals surface area contributed by atoms with Crippen molar-refractivity contribution in [3.63, 3.8) is 0 Å². The summed E-state index contributed by atoms with van der Waals surface area (Å²) < 4.78 is 0. The van der Waals surface area contributed by atoms with Crippen LogP contribution in [0.15, 0.2) is 12.2 Å². The number of allylic oxidation sites excluding steroid dienone is 1.